The first-order chi connectivity index (χ1) is 16.3. The Kier molecular flexibility index (Phi) is 7.35. The summed E-state index contributed by atoms with van der Waals surface area (Å²) in [5.41, 5.74) is 2.30. The van der Waals surface area contributed by atoms with E-state index in [1.54, 1.807) is 24.3 Å². The van der Waals surface area contributed by atoms with E-state index in [2.05, 4.69) is 24.3 Å². The van der Waals surface area contributed by atoms with Crippen molar-refractivity contribution in [2.45, 2.75) is 44.4 Å². The van der Waals surface area contributed by atoms with Crippen LogP contribution in [-0.2, 0) is 14.8 Å². The number of aromatic nitrogens is 1. The van der Waals surface area contributed by atoms with E-state index in [9.17, 15) is 13.2 Å². The zero-order valence-corrected chi connectivity index (χ0v) is 21.2. The minimum atomic E-state index is -3.79. The smallest absolute Gasteiger partial charge is 0.248 e. The summed E-state index contributed by atoms with van der Waals surface area (Å²) in [5, 5.41) is 8.81. The van der Waals surface area contributed by atoms with Gasteiger partial charge in [-0.05, 0) is 67.0 Å². The van der Waals surface area contributed by atoms with E-state index >= 15 is 0 Å². The number of carbonyl (C=O) groups excluding carboxylic acids is 1. The summed E-state index contributed by atoms with van der Waals surface area (Å²) in [6.45, 7) is 6.42. The normalized spacial score (nSPS) is 15.9. The van der Waals surface area contributed by atoms with Gasteiger partial charge in [0.2, 0.25) is 15.9 Å². The first-order valence-corrected chi connectivity index (χ1v) is 13.7. The Morgan fingerprint density at radius 1 is 1.18 bits per heavy atom. The molecule has 1 saturated heterocycles. The zero-order chi connectivity index (χ0) is 24.3. The number of benzene rings is 1. The van der Waals surface area contributed by atoms with E-state index < -0.39 is 10.0 Å². The Morgan fingerprint density at radius 3 is 2.50 bits per heavy atom. The molecule has 4 rings (SSSR count). The lowest BCUT2D eigenvalue weighted by atomic mass is 9.97. The van der Waals surface area contributed by atoms with Crippen molar-refractivity contribution in [1.29, 1.82) is 0 Å². The minimum absolute atomic E-state index is 0.0740. The van der Waals surface area contributed by atoms with Crippen LogP contribution in [0.15, 0.2) is 51.2 Å². The number of nitrogens with one attached hydrogen (secondary N) is 1. The van der Waals surface area contributed by atoms with E-state index in [0.29, 0.717) is 24.5 Å². The van der Waals surface area contributed by atoms with E-state index in [0.717, 1.165) is 10.6 Å². The number of hydrogen-bond donors (Lipinski definition) is 1. The second-order valence-electron chi connectivity index (χ2n) is 8.75. The molecule has 1 aromatic carbocycles. The molecule has 7 nitrogen and oxygen atoms in total. The van der Waals surface area contributed by atoms with Crippen LogP contribution in [0.3, 0.4) is 0 Å². The first kappa shape index (κ1) is 24.4. The molecule has 0 radical (unpaired) electrons. The number of hydrogen-bond acceptors (Lipinski definition) is 6. The molecule has 0 unspecified atom stereocenters. The lowest BCUT2D eigenvalue weighted by molar-refractivity contribution is -0.120. The molecule has 1 amide bonds. The maximum atomic E-state index is 13.4. The molecular weight excluding hydrogens is 470 g/mol. The van der Waals surface area contributed by atoms with Crippen molar-refractivity contribution in [2.75, 3.05) is 18.4 Å². The summed E-state index contributed by atoms with van der Waals surface area (Å²) in [7, 11) is -3.79. The highest BCUT2D eigenvalue weighted by molar-refractivity contribution is 7.89. The second-order valence-corrected chi connectivity index (χ2v) is 11.6. The number of rotatable bonds is 7. The van der Waals surface area contributed by atoms with Crippen molar-refractivity contribution in [3.8, 4) is 0 Å². The molecule has 0 aliphatic carbocycles. The molecule has 34 heavy (non-hydrogen) atoms. The maximum absolute atomic E-state index is 13.4. The van der Waals surface area contributed by atoms with Gasteiger partial charge < -0.3 is 9.84 Å². The third-order valence-corrected chi connectivity index (χ3v) is 8.94. The molecule has 3 heterocycles. The molecule has 0 spiro atoms. The largest absolute Gasteiger partial charge is 0.355 e. The molecule has 180 valence electrons. The molecule has 1 aliphatic rings. The highest BCUT2D eigenvalue weighted by Gasteiger charge is 2.36. The van der Waals surface area contributed by atoms with Crippen LogP contribution in [0.25, 0.3) is 12.2 Å². The van der Waals surface area contributed by atoms with Gasteiger partial charge in [-0.25, -0.2) is 8.42 Å². The van der Waals surface area contributed by atoms with Crippen LogP contribution in [0, 0.1) is 12.8 Å². The third kappa shape index (κ3) is 5.32. The van der Waals surface area contributed by atoms with Crippen molar-refractivity contribution in [3.63, 3.8) is 0 Å². The molecule has 1 aliphatic heterocycles. The number of thiophene rings is 1. The van der Waals surface area contributed by atoms with Crippen molar-refractivity contribution in [2.24, 2.45) is 5.92 Å². The lowest BCUT2D eigenvalue weighted by Gasteiger charge is -2.30. The quantitative estimate of drug-likeness (QED) is 0.471. The van der Waals surface area contributed by atoms with Crippen LogP contribution < -0.4 is 5.32 Å². The van der Waals surface area contributed by atoms with E-state index in [4.69, 9.17) is 4.52 Å². The maximum Gasteiger partial charge on any atom is 0.248 e. The molecule has 0 saturated carbocycles. The molecule has 1 N–H and O–H groups in total. The fourth-order valence-electron chi connectivity index (χ4n) is 4.03. The summed E-state index contributed by atoms with van der Waals surface area (Å²) < 4.78 is 33.5. The van der Waals surface area contributed by atoms with Crippen molar-refractivity contribution >= 4 is 45.1 Å². The highest BCUT2D eigenvalue weighted by atomic mass is 32.2. The Morgan fingerprint density at radius 2 is 1.88 bits per heavy atom. The van der Waals surface area contributed by atoms with E-state index in [1.165, 1.54) is 9.87 Å². The van der Waals surface area contributed by atoms with Crippen molar-refractivity contribution < 1.29 is 17.7 Å². The Hall–Kier alpha value is -2.75. The molecule has 0 bridgehead atoms. The summed E-state index contributed by atoms with van der Waals surface area (Å²) in [5.74, 6) is 0.334. The fraction of sp³-hybridized carbons (Fsp3) is 0.360. The predicted octanol–water partition coefficient (Wildman–Crippen LogP) is 5.38. The number of sulfonamides is 1. The van der Waals surface area contributed by atoms with Gasteiger partial charge in [0.1, 0.15) is 5.69 Å². The molecular formula is C25H29N3O4S2. The first-order valence-electron chi connectivity index (χ1n) is 11.3. The van der Waals surface area contributed by atoms with Crippen molar-refractivity contribution in [1.82, 2.24) is 9.46 Å². The number of amides is 1. The number of carbonyl (C=O) groups is 1. The number of piperidine rings is 1. The molecule has 9 heteroatoms. The van der Waals surface area contributed by atoms with Crippen molar-refractivity contribution in [3.05, 3.63) is 63.7 Å². The van der Waals surface area contributed by atoms with Crippen LogP contribution in [0.4, 0.5) is 5.69 Å². The Labute approximate surface area is 204 Å². The van der Waals surface area contributed by atoms with Crippen LogP contribution in [0.2, 0.25) is 0 Å². The average Bonchev–Trinajstić information content (AvgIpc) is 3.47. The summed E-state index contributed by atoms with van der Waals surface area (Å²) in [6.07, 6.45) is 4.37. The average molecular weight is 500 g/mol. The van der Waals surface area contributed by atoms with Gasteiger partial charge in [0.05, 0.1) is 0 Å². The number of anilines is 1. The molecule has 0 atom stereocenters. The highest BCUT2D eigenvalue weighted by Crippen LogP contribution is 2.30. The summed E-state index contributed by atoms with van der Waals surface area (Å²) in [6, 6.07) is 11.7. The molecule has 1 fully saturated rings. The van der Waals surface area contributed by atoms with Gasteiger partial charge in [0, 0.05) is 29.6 Å². The fourth-order valence-corrected chi connectivity index (χ4v) is 6.36. The van der Waals surface area contributed by atoms with Gasteiger partial charge >= 0.3 is 0 Å². The van der Waals surface area contributed by atoms with Crippen LogP contribution in [0.5, 0.6) is 0 Å². The SMILES string of the molecule is Cc1noc(C=Cc2cccs2)c1S(=O)(=O)N1CCC(C(=O)Nc2ccc(C(C)C)cc2)CC1. The summed E-state index contributed by atoms with van der Waals surface area (Å²) in [4.78, 5) is 13.8. The van der Waals surface area contributed by atoms with Gasteiger partial charge in [-0.2, -0.15) is 4.31 Å². The van der Waals surface area contributed by atoms with Gasteiger partial charge in [-0.3, -0.25) is 4.79 Å². The molecule has 2 aromatic heterocycles. The number of nitrogens with zero attached hydrogens (tertiary/aromatic N) is 2. The van der Waals surface area contributed by atoms with Gasteiger partial charge in [0.15, 0.2) is 10.7 Å². The zero-order valence-electron chi connectivity index (χ0n) is 19.5. The molecule has 3 aromatic rings. The van der Waals surface area contributed by atoms with Gasteiger partial charge in [0.25, 0.3) is 0 Å². The predicted molar refractivity (Wildman–Crippen MR) is 135 cm³/mol. The minimum Gasteiger partial charge on any atom is -0.355 e. The van der Waals surface area contributed by atoms with E-state index in [1.807, 2.05) is 47.9 Å². The van der Waals surface area contributed by atoms with Gasteiger partial charge in [-0.1, -0.05) is 37.2 Å². The van der Waals surface area contributed by atoms with Crippen LogP contribution >= 0.6 is 11.3 Å². The van der Waals surface area contributed by atoms with Crippen LogP contribution in [-0.4, -0.2) is 36.9 Å². The van der Waals surface area contributed by atoms with Gasteiger partial charge in [-0.15, -0.1) is 11.3 Å². The Balaban J connectivity index is 1.41. The number of aryl methyl sites for hydroxylation is 1. The third-order valence-electron chi connectivity index (χ3n) is 6.04. The Bertz CT molecular complexity index is 1250. The topological polar surface area (TPSA) is 92.5 Å². The second kappa shape index (κ2) is 10.2. The van der Waals surface area contributed by atoms with Crippen LogP contribution in [0.1, 0.15) is 54.5 Å². The summed E-state index contributed by atoms with van der Waals surface area (Å²) >= 11 is 1.55. The monoisotopic (exact) mass is 499 g/mol. The lowest BCUT2D eigenvalue weighted by Crippen LogP contribution is -2.41. The standard InChI is InChI=1S/C25H29N3O4S2/c1-17(2)19-6-8-21(9-7-19)26-25(29)20-12-14-28(15-13-20)34(30,31)24-18(3)27-32-23(24)11-10-22-5-4-16-33-22/h4-11,16-17,20H,12-15H2,1-3H3,(H,26,29). The van der Waals surface area contributed by atoms with E-state index in [-0.39, 0.29) is 35.6 Å².